The number of carbonyl (C=O) groups excluding carboxylic acids is 1. The van der Waals surface area contributed by atoms with Gasteiger partial charge in [0.1, 0.15) is 11.9 Å². The van der Waals surface area contributed by atoms with Crippen LogP contribution in [0.2, 0.25) is 0 Å². The van der Waals surface area contributed by atoms with Crippen LogP contribution in [0.3, 0.4) is 0 Å². The van der Waals surface area contributed by atoms with Crippen molar-refractivity contribution in [2.45, 2.75) is 19.1 Å². The molecule has 5 heteroatoms. The van der Waals surface area contributed by atoms with E-state index < -0.39 is 0 Å². The molecule has 1 aromatic carbocycles. The SMILES string of the molecule is C[C@H]1OCCN[C@@H]1C(=O)Nc1ccc(F)cc1. The normalized spacial score (nSPS) is 24.4. The molecule has 1 saturated heterocycles. The van der Waals surface area contributed by atoms with Crippen molar-refractivity contribution in [3.8, 4) is 0 Å². The molecule has 2 atom stereocenters. The van der Waals surface area contributed by atoms with E-state index in [9.17, 15) is 9.18 Å². The number of benzene rings is 1. The Hall–Kier alpha value is -1.46. The van der Waals surface area contributed by atoms with Crippen LogP contribution in [-0.2, 0) is 9.53 Å². The molecular formula is C12H15FN2O2. The Morgan fingerprint density at radius 3 is 2.82 bits per heavy atom. The second kappa shape index (κ2) is 5.25. The fraction of sp³-hybridized carbons (Fsp3) is 0.417. The molecule has 2 rings (SSSR count). The van der Waals surface area contributed by atoms with Crippen molar-refractivity contribution >= 4 is 11.6 Å². The highest BCUT2D eigenvalue weighted by atomic mass is 19.1. The zero-order chi connectivity index (χ0) is 12.3. The number of ether oxygens (including phenoxy) is 1. The summed E-state index contributed by atoms with van der Waals surface area (Å²) in [5.74, 6) is -0.487. The Kier molecular flexibility index (Phi) is 3.71. The zero-order valence-electron chi connectivity index (χ0n) is 9.57. The van der Waals surface area contributed by atoms with Crippen LogP contribution in [0, 0.1) is 5.82 Å². The van der Waals surface area contributed by atoms with Crippen LogP contribution < -0.4 is 10.6 Å². The van der Waals surface area contributed by atoms with Gasteiger partial charge in [0.25, 0.3) is 0 Å². The fourth-order valence-corrected chi connectivity index (χ4v) is 1.78. The topological polar surface area (TPSA) is 50.4 Å². The summed E-state index contributed by atoms with van der Waals surface area (Å²) in [6.07, 6.45) is -0.163. The highest BCUT2D eigenvalue weighted by molar-refractivity contribution is 5.95. The van der Waals surface area contributed by atoms with E-state index in [1.54, 1.807) is 0 Å². The van der Waals surface area contributed by atoms with Gasteiger partial charge in [0.05, 0.1) is 12.7 Å². The van der Waals surface area contributed by atoms with Gasteiger partial charge in [-0.1, -0.05) is 0 Å². The first-order valence-corrected chi connectivity index (χ1v) is 5.58. The number of hydrogen-bond acceptors (Lipinski definition) is 3. The molecule has 0 aliphatic carbocycles. The molecule has 0 unspecified atom stereocenters. The quantitative estimate of drug-likeness (QED) is 0.812. The Bertz CT molecular complexity index is 394. The molecule has 1 fully saturated rings. The maximum Gasteiger partial charge on any atom is 0.244 e. The third-order valence-corrected chi connectivity index (χ3v) is 2.71. The van der Waals surface area contributed by atoms with Crippen LogP contribution in [0.5, 0.6) is 0 Å². The van der Waals surface area contributed by atoms with Crippen molar-refractivity contribution in [1.82, 2.24) is 5.32 Å². The van der Waals surface area contributed by atoms with E-state index in [-0.39, 0.29) is 23.9 Å². The molecule has 1 aromatic rings. The Balaban J connectivity index is 1.98. The van der Waals surface area contributed by atoms with Crippen LogP contribution in [0.15, 0.2) is 24.3 Å². The summed E-state index contributed by atoms with van der Waals surface area (Å²) in [6.45, 7) is 3.12. The molecule has 2 N–H and O–H groups in total. The van der Waals surface area contributed by atoms with Crippen molar-refractivity contribution in [2.75, 3.05) is 18.5 Å². The van der Waals surface area contributed by atoms with Crippen molar-refractivity contribution < 1.29 is 13.9 Å². The van der Waals surface area contributed by atoms with Crippen LogP contribution in [0.1, 0.15) is 6.92 Å². The number of nitrogens with one attached hydrogen (secondary N) is 2. The van der Waals surface area contributed by atoms with E-state index in [1.807, 2.05) is 6.92 Å². The summed E-state index contributed by atoms with van der Waals surface area (Å²) >= 11 is 0. The van der Waals surface area contributed by atoms with Gasteiger partial charge in [0.15, 0.2) is 0 Å². The maximum atomic E-state index is 12.7. The maximum absolute atomic E-state index is 12.7. The minimum Gasteiger partial charge on any atom is -0.375 e. The largest absolute Gasteiger partial charge is 0.375 e. The van der Waals surface area contributed by atoms with E-state index in [0.717, 1.165) is 0 Å². The van der Waals surface area contributed by atoms with Crippen LogP contribution in [0.4, 0.5) is 10.1 Å². The van der Waals surface area contributed by atoms with Gasteiger partial charge >= 0.3 is 0 Å². The fourth-order valence-electron chi connectivity index (χ4n) is 1.78. The Morgan fingerprint density at radius 1 is 1.47 bits per heavy atom. The average Bonchev–Trinajstić information content (AvgIpc) is 2.32. The Labute approximate surface area is 99.2 Å². The predicted molar refractivity (Wildman–Crippen MR) is 62.2 cm³/mol. The van der Waals surface area contributed by atoms with Gasteiger partial charge in [0.2, 0.25) is 5.91 Å². The molecule has 1 aliphatic heterocycles. The van der Waals surface area contributed by atoms with Gasteiger partial charge in [-0.2, -0.15) is 0 Å². The van der Waals surface area contributed by atoms with Crippen LogP contribution in [0.25, 0.3) is 0 Å². The first-order valence-electron chi connectivity index (χ1n) is 5.58. The number of halogens is 1. The van der Waals surface area contributed by atoms with Gasteiger partial charge in [-0.25, -0.2) is 4.39 Å². The summed E-state index contributed by atoms with van der Waals surface area (Å²) in [5.41, 5.74) is 0.580. The number of carbonyl (C=O) groups is 1. The third kappa shape index (κ3) is 3.01. The number of morpholine rings is 1. The molecule has 1 heterocycles. The molecule has 0 aromatic heterocycles. The van der Waals surface area contributed by atoms with Gasteiger partial charge in [-0.15, -0.1) is 0 Å². The van der Waals surface area contributed by atoms with Gasteiger partial charge in [0, 0.05) is 12.2 Å². The lowest BCUT2D eigenvalue weighted by atomic mass is 10.1. The van der Waals surface area contributed by atoms with Crippen LogP contribution >= 0.6 is 0 Å². The lowest BCUT2D eigenvalue weighted by Crippen LogP contribution is -2.53. The number of hydrogen-bond donors (Lipinski definition) is 2. The molecule has 4 nitrogen and oxygen atoms in total. The molecule has 0 spiro atoms. The lowest BCUT2D eigenvalue weighted by Gasteiger charge is -2.29. The Morgan fingerprint density at radius 2 is 2.18 bits per heavy atom. The second-order valence-electron chi connectivity index (χ2n) is 4.00. The smallest absolute Gasteiger partial charge is 0.244 e. The van der Waals surface area contributed by atoms with E-state index in [0.29, 0.717) is 18.8 Å². The first-order chi connectivity index (χ1) is 8.16. The van der Waals surface area contributed by atoms with Gasteiger partial charge in [-0.05, 0) is 31.2 Å². The van der Waals surface area contributed by atoms with Crippen molar-refractivity contribution in [1.29, 1.82) is 0 Å². The van der Waals surface area contributed by atoms with Crippen LogP contribution in [-0.4, -0.2) is 31.2 Å². The highest BCUT2D eigenvalue weighted by Gasteiger charge is 2.28. The standard InChI is InChI=1S/C12H15FN2O2/c1-8-11(14-6-7-17-8)12(16)15-10-4-2-9(13)3-5-10/h2-5,8,11,14H,6-7H2,1H3,(H,15,16)/t8-,11+/m1/s1. The van der Waals surface area contributed by atoms with Gasteiger partial charge in [-0.3, -0.25) is 4.79 Å². The van der Waals surface area contributed by atoms with E-state index in [1.165, 1.54) is 24.3 Å². The summed E-state index contributed by atoms with van der Waals surface area (Å²) < 4.78 is 18.1. The second-order valence-corrected chi connectivity index (χ2v) is 4.00. The molecule has 0 saturated carbocycles. The monoisotopic (exact) mass is 238 g/mol. The van der Waals surface area contributed by atoms with Crippen molar-refractivity contribution in [3.05, 3.63) is 30.1 Å². The van der Waals surface area contributed by atoms with Gasteiger partial charge < -0.3 is 15.4 Å². The summed E-state index contributed by atoms with van der Waals surface area (Å²) in [4.78, 5) is 11.9. The van der Waals surface area contributed by atoms with Crippen molar-refractivity contribution in [3.63, 3.8) is 0 Å². The third-order valence-electron chi connectivity index (χ3n) is 2.71. The molecule has 1 amide bonds. The molecule has 0 bridgehead atoms. The molecule has 1 aliphatic rings. The van der Waals surface area contributed by atoms with E-state index in [4.69, 9.17) is 4.74 Å². The minimum absolute atomic E-state index is 0.163. The van der Waals surface area contributed by atoms with Crippen molar-refractivity contribution in [2.24, 2.45) is 0 Å². The average molecular weight is 238 g/mol. The summed E-state index contributed by atoms with van der Waals surface area (Å²) in [6, 6.07) is 5.31. The number of amides is 1. The molecule has 17 heavy (non-hydrogen) atoms. The van der Waals surface area contributed by atoms with E-state index >= 15 is 0 Å². The highest BCUT2D eigenvalue weighted by Crippen LogP contribution is 2.11. The number of anilines is 1. The molecular weight excluding hydrogens is 223 g/mol. The molecule has 92 valence electrons. The summed E-state index contributed by atoms with van der Waals surface area (Å²) in [5, 5.41) is 5.81. The summed E-state index contributed by atoms with van der Waals surface area (Å²) in [7, 11) is 0. The predicted octanol–water partition coefficient (Wildman–Crippen LogP) is 1.14. The molecule has 0 radical (unpaired) electrons. The minimum atomic E-state index is -0.367. The lowest BCUT2D eigenvalue weighted by molar-refractivity contribution is -0.123. The zero-order valence-corrected chi connectivity index (χ0v) is 9.57. The van der Waals surface area contributed by atoms with E-state index in [2.05, 4.69) is 10.6 Å². The first kappa shape index (κ1) is 12.0. The number of rotatable bonds is 2.